The molecule has 0 aromatic heterocycles. The van der Waals surface area contributed by atoms with Crippen LogP contribution in [0.5, 0.6) is 5.75 Å². The molecular formula is C27H40N4O3. The van der Waals surface area contributed by atoms with E-state index in [0.717, 1.165) is 38.0 Å². The topological polar surface area (TPSA) is 93.7 Å². The number of phenolic OH excluding ortho intramolecular Hbond substituents is 1. The minimum Gasteiger partial charge on any atom is -0.506 e. The zero-order valence-corrected chi connectivity index (χ0v) is 20.8. The number of carbonyl (C=O) groups excluding carboxylic acids is 2. The second-order valence-corrected chi connectivity index (χ2v) is 9.73. The third-order valence-electron chi connectivity index (χ3n) is 5.39. The van der Waals surface area contributed by atoms with Crippen LogP contribution in [0.25, 0.3) is 0 Å². The van der Waals surface area contributed by atoms with E-state index >= 15 is 0 Å². The SMILES string of the molecule is CC(C)(C)CN(CCNCCc1ccc(O)c(NC=O)c1)C(=O)CCNCCc1ccccc1. The summed E-state index contributed by atoms with van der Waals surface area (Å²) in [5, 5.41) is 19.0. The molecule has 7 heteroatoms. The molecule has 0 aliphatic rings. The Morgan fingerprint density at radius 3 is 2.29 bits per heavy atom. The number of phenols is 1. The van der Waals surface area contributed by atoms with Gasteiger partial charge in [-0.05, 0) is 54.6 Å². The molecule has 34 heavy (non-hydrogen) atoms. The fraction of sp³-hybridized carbons (Fsp3) is 0.481. The highest BCUT2D eigenvalue weighted by molar-refractivity contribution is 5.76. The van der Waals surface area contributed by atoms with Crippen molar-refractivity contribution in [1.29, 1.82) is 0 Å². The summed E-state index contributed by atoms with van der Waals surface area (Å²) in [5.74, 6) is 0.224. The fourth-order valence-electron chi connectivity index (χ4n) is 3.71. The van der Waals surface area contributed by atoms with Crippen molar-refractivity contribution in [2.75, 3.05) is 44.6 Å². The van der Waals surface area contributed by atoms with Crippen LogP contribution in [-0.2, 0) is 22.4 Å². The van der Waals surface area contributed by atoms with Crippen LogP contribution in [0.4, 0.5) is 5.69 Å². The van der Waals surface area contributed by atoms with Crippen LogP contribution in [0.1, 0.15) is 38.3 Å². The summed E-state index contributed by atoms with van der Waals surface area (Å²) in [5.41, 5.74) is 2.75. The van der Waals surface area contributed by atoms with Crippen LogP contribution in [0.15, 0.2) is 48.5 Å². The summed E-state index contributed by atoms with van der Waals surface area (Å²) < 4.78 is 0. The first-order valence-corrected chi connectivity index (χ1v) is 12.0. The average Bonchev–Trinajstić information content (AvgIpc) is 2.80. The largest absolute Gasteiger partial charge is 0.506 e. The molecule has 2 rings (SSSR count). The molecule has 0 saturated carbocycles. The number of nitrogens with one attached hydrogen (secondary N) is 3. The summed E-state index contributed by atoms with van der Waals surface area (Å²) in [6.45, 7) is 10.8. The molecule has 4 N–H and O–H groups in total. The Labute approximate surface area is 203 Å². The van der Waals surface area contributed by atoms with Crippen molar-refractivity contribution in [3.63, 3.8) is 0 Å². The van der Waals surface area contributed by atoms with Crippen LogP contribution in [0, 0.1) is 5.41 Å². The molecule has 0 radical (unpaired) electrons. The van der Waals surface area contributed by atoms with Crippen molar-refractivity contribution in [2.24, 2.45) is 5.41 Å². The summed E-state index contributed by atoms with van der Waals surface area (Å²) in [6, 6.07) is 15.5. The maximum absolute atomic E-state index is 12.9. The van der Waals surface area contributed by atoms with Gasteiger partial charge in [-0.15, -0.1) is 0 Å². The molecule has 0 fully saturated rings. The Morgan fingerprint density at radius 2 is 1.62 bits per heavy atom. The second-order valence-electron chi connectivity index (χ2n) is 9.73. The van der Waals surface area contributed by atoms with Gasteiger partial charge in [0, 0.05) is 32.6 Å². The van der Waals surface area contributed by atoms with Crippen molar-refractivity contribution < 1.29 is 14.7 Å². The first kappa shape index (κ1) is 27.3. The number of hydrogen-bond acceptors (Lipinski definition) is 5. The van der Waals surface area contributed by atoms with E-state index in [2.05, 4.69) is 48.9 Å². The highest BCUT2D eigenvalue weighted by atomic mass is 16.3. The van der Waals surface area contributed by atoms with Crippen LogP contribution >= 0.6 is 0 Å². The Balaban J connectivity index is 1.72. The van der Waals surface area contributed by atoms with E-state index in [1.54, 1.807) is 12.1 Å². The van der Waals surface area contributed by atoms with Gasteiger partial charge in [-0.2, -0.15) is 0 Å². The van der Waals surface area contributed by atoms with E-state index in [9.17, 15) is 14.7 Å². The van der Waals surface area contributed by atoms with Crippen molar-refractivity contribution in [3.05, 3.63) is 59.7 Å². The Morgan fingerprint density at radius 1 is 0.941 bits per heavy atom. The quantitative estimate of drug-likeness (QED) is 0.183. The molecule has 2 amide bonds. The van der Waals surface area contributed by atoms with E-state index in [-0.39, 0.29) is 17.1 Å². The lowest BCUT2D eigenvalue weighted by Gasteiger charge is -2.30. The van der Waals surface area contributed by atoms with Crippen LogP contribution in [-0.4, -0.2) is 61.6 Å². The summed E-state index contributed by atoms with van der Waals surface area (Å²) in [6.07, 6.45) is 2.76. The lowest BCUT2D eigenvalue weighted by Crippen LogP contribution is -2.42. The standard InChI is InChI=1S/C27H40N4O3/c1-27(2,3)20-31(26(34)13-16-28-14-11-22-7-5-4-6-8-22)18-17-29-15-12-23-9-10-25(33)24(19-23)30-21-32/h4-10,19,21,28-29,33H,11-18,20H2,1-3H3,(H,30,32). The molecule has 0 atom stereocenters. The van der Waals surface area contributed by atoms with Gasteiger partial charge in [0.25, 0.3) is 0 Å². The van der Waals surface area contributed by atoms with Gasteiger partial charge in [-0.25, -0.2) is 0 Å². The number of hydrogen-bond donors (Lipinski definition) is 4. The molecule has 0 spiro atoms. The maximum atomic E-state index is 12.9. The molecule has 186 valence electrons. The summed E-state index contributed by atoms with van der Waals surface area (Å²) >= 11 is 0. The third kappa shape index (κ3) is 10.8. The number of nitrogens with zero attached hydrogens (tertiary/aromatic N) is 1. The Bertz CT molecular complexity index is 881. The number of carbonyl (C=O) groups is 2. The Kier molecular flexibility index (Phi) is 11.6. The molecule has 0 bridgehead atoms. The number of anilines is 1. The predicted octanol–water partition coefficient (Wildman–Crippen LogP) is 3.19. The van der Waals surface area contributed by atoms with Gasteiger partial charge >= 0.3 is 0 Å². The zero-order chi connectivity index (χ0) is 24.8. The number of aromatic hydroxyl groups is 1. The van der Waals surface area contributed by atoms with E-state index < -0.39 is 0 Å². The van der Waals surface area contributed by atoms with Gasteiger partial charge in [0.1, 0.15) is 5.75 Å². The van der Waals surface area contributed by atoms with Gasteiger partial charge in [0.05, 0.1) is 5.69 Å². The summed E-state index contributed by atoms with van der Waals surface area (Å²) in [4.78, 5) is 25.5. The molecule has 0 aliphatic carbocycles. The normalized spacial score (nSPS) is 11.3. The minimum atomic E-state index is 0.0322. The van der Waals surface area contributed by atoms with Crippen molar-refractivity contribution in [3.8, 4) is 5.75 Å². The fourth-order valence-corrected chi connectivity index (χ4v) is 3.71. The summed E-state index contributed by atoms with van der Waals surface area (Å²) in [7, 11) is 0. The van der Waals surface area contributed by atoms with Gasteiger partial charge in [-0.3, -0.25) is 9.59 Å². The highest BCUT2D eigenvalue weighted by Crippen LogP contribution is 2.23. The van der Waals surface area contributed by atoms with Crippen molar-refractivity contribution >= 4 is 18.0 Å². The van der Waals surface area contributed by atoms with Crippen LogP contribution in [0.2, 0.25) is 0 Å². The molecule has 0 unspecified atom stereocenters. The van der Waals surface area contributed by atoms with Gasteiger partial charge in [-0.1, -0.05) is 57.2 Å². The highest BCUT2D eigenvalue weighted by Gasteiger charge is 2.20. The number of amides is 2. The lowest BCUT2D eigenvalue weighted by molar-refractivity contribution is -0.132. The maximum Gasteiger partial charge on any atom is 0.223 e. The van der Waals surface area contributed by atoms with E-state index in [0.29, 0.717) is 38.2 Å². The molecule has 0 heterocycles. The van der Waals surface area contributed by atoms with Gasteiger partial charge < -0.3 is 26.0 Å². The molecule has 0 aliphatic heterocycles. The average molecular weight is 469 g/mol. The van der Waals surface area contributed by atoms with Crippen LogP contribution in [0.3, 0.4) is 0 Å². The van der Waals surface area contributed by atoms with Crippen molar-refractivity contribution in [2.45, 2.75) is 40.0 Å². The van der Waals surface area contributed by atoms with Gasteiger partial charge in [0.2, 0.25) is 12.3 Å². The lowest BCUT2D eigenvalue weighted by atomic mass is 9.96. The first-order valence-electron chi connectivity index (χ1n) is 12.0. The molecule has 7 nitrogen and oxygen atoms in total. The predicted molar refractivity (Wildman–Crippen MR) is 138 cm³/mol. The monoisotopic (exact) mass is 468 g/mol. The second kappa shape index (κ2) is 14.4. The molecular weight excluding hydrogens is 428 g/mol. The molecule has 2 aromatic rings. The van der Waals surface area contributed by atoms with E-state index in [1.165, 1.54) is 5.56 Å². The Hall–Kier alpha value is -2.90. The van der Waals surface area contributed by atoms with Crippen molar-refractivity contribution in [1.82, 2.24) is 15.5 Å². The number of rotatable bonds is 15. The van der Waals surface area contributed by atoms with E-state index in [4.69, 9.17) is 0 Å². The van der Waals surface area contributed by atoms with Crippen LogP contribution < -0.4 is 16.0 Å². The van der Waals surface area contributed by atoms with E-state index in [1.807, 2.05) is 29.2 Å². The van der Waals surface area contributed by atoms with Gasteiger partial charge in [0.15, 0.2) is 0 Å². The smallest absolute Gasteiger partial charge is 0.223 e. The number of benzene rings is 2. The first-order chi connectivity index (χ1) is 16.3. The third-order valence-corrected chi connectivity index (χ3v) is 5.39. The zero-order valence-electron chi connectivity index (χ0n) is 20.8. The molecule has 0 saturated heterocycles. The molecule has 2 aromatic carbocycles. The minimum absolute atomic E-state index is 0.0322.